The quantitative estimate of drug-likeness (QED) is 0.393. The molecule has 8 nitrogen and oxygen atoms in total. The lowest BCUT2D eigenvalue weighted by atomic mass is 10.1. The third kappa shape index (κ3) is 5.45. The van der Waals surface area contributed by atoms with Crippen molar-refractivity contribution in [2.45, 2.75) is 18.2 Å². The van der Waals surface area contributed by atoms with Crippen LogP contribution < -0.4 is 15.8 Å². The van der Waals surface area contributed by atoms with Gasteiger partial charge in [-0.05, 0) is 66.9 Å². The summed E-state index contributed by atoms with van der Waals surface area (Å²) in [5, 5.41) is 11.5. The van der Waals surface area contributed by atoms with E-state index in [0.29, 0.717) is 17.5 Å². The SMILES string of the molecule is Cc1cnc(Nc2ccc(S(N)(=O)=O)cc2)nc1Nc1ccc(Cc2cccnc2)cc1. The third-order valence-electron chi connectivity index (χ3n) is 4.76. The lowest BCUT2D eigenvalue weighted by molar-refractivity contribution is 0.598. The standard InChI is InChI=1S/C23H22N6O2S/c1-16-14-26-23(28-20-8-10-21(11-9-20)32(24,30)31)29-22(16)27-19-6-4-17(5-7-19)13-18-3-2-12-25-15-18/h2-12,14-15H,13H2,1H3,(H2,24,30,31)(H2,26,27,28,29). The van der Waals surface area contributed by atoms with Crippen LogP contribution in [0.5, 0.6) is 0 Å². The van der Waals surface area contributed by atoms with E-state index in [2.05, 4.69) is 43.8 Å². The van der Waals surface area contributed by atoms with Gasteiger partial charge in [0.15, 0.2) is 0 Å². The van der Waals surface area contributed by atoms with Crippen LogP contribution in [0.4, 0.5) is 23.1 Å². The fourth-order valence-corrected chi connectivity index (χ4v) is 3.58. The van der Waals surface area contributed by atoms with Crippen molar-refractivity contribution in [3.8, 4) is 0 Å². The number of aromatic nitrogens is 3. The number of hydrogen-bond acceptors (Lipinski definition) is 7. The first-order chi connectivity index (χ1) is 15.4. The predicted octanol–water partition coefficient (Wildman–Crippen LogP) is 3.91. The molecule has 4 N–H and O–H groups in total. The highest BCUT2D eigenvalue weighted by Crippen LogP contribution is 2.22. The Morgan fingerprint density at radius 2 is 1.56 bits per heavy atom. The summed E-state index contributed by atoms with van der Waals surface area (Å²) in [6, 6.07) is 18.2. The lowest BCUT2D eigenvalue weighted by Crippen LogP contribution is -2.11. The second-order valence-electron chi connectivity index (χ2n) is 7.28. The zero-order valence-electron chi connectivity index (χ0n) is 17.4. The number of nitrogens with one attached hydrogen (secondary N) is 2. The minimum atomic E-state index is -3.73. The molecule has 0 aliphatic heterocycles. The van der Waals surface area contributed by atoms with E-state index in [0.717, 1.165) is 23.2 Å². The summed E-state index contributed by atoms with van der Waals surface area (Å²) in [7, 11) is -3.73. The van der Waals surface area contributed by atoms with Gasteiger partial charge in [0.2, 0.25) is 16.0 Å². The van der Waals surface area contributed by atoms with Crippen LogP contribution in [-0.4, -0.2) is 23.4 Å². The number of aryl methyl sites for hydroxylation is 1. The van der Waals surface area contributed by atoms with Crippen molar-refractivity contribution in [3.63, 3.8) is 0 Å². The Bertz CT molecular complexity index is 1310. The molecule has 2 heterocycles. The Hall–Kier alpha value is -3.82. The van der Waals surface area contributed by atoms with Crippen molar-refractivity contribution in [2.24, 2.45) is 5.14 Å². The normalized spacial score (nSPS) is 11.2. The molecule has 0 radical (unpaired) electrons. The Morgan fingerprint density at radius 1 is 0.875 bits per heavy atom. The summed E-state index contributed by atoms with van der Waals surface area (Å²) >= 11 is 0. The van der Waals surface area contributed by atoms with Crippen molar-refractivity contribution < 1.29 is 8.42 Å². The Morgan fingerprint density at radius 3 is 2.22 bits per heavy atom. The molecule has 2 aromatic carbocycles. The van der Waals surface area contributed by atoms with Gasteiger partial charge < -0.3 is 10.6 Å². The van der Waals surface area contributed by atoms with Crippen molar-refractivity contribution in [3.05, 3.63) is 95.9 Å². The van der Waals surface area contributed by atoms with E-state index in [-0.39, 0.29) is 4.90 Å². The maximum Gasteiger partial charge on any atom is 0.238 e. The molecule has 0 aliphatic carbocycles. The van der Waals surface area contributed by atoms with Crippen molar-refractivity contribution in [1.82, 2.24) is 15.0 Å². The van der Waals surface area contributed by atoms with E-state index < -0.39 is 10.0 Å². The van der Waals surface area contributed by atoms with Crippen molar-refractivity contribution in [1.29, 1.82) is 0 Å². The van der Waals surface area contributed by atoms with E-state index in [1.807, 2.05) is 31.3 Å². The van der Waals surface area contributed by atoms with Crippen LogP contribution in [0, 0.1) is 6.92 Å². The number of pyridine rings is 1. The summed E-state index contributed by atoms with van der Waals surface area (Å²) in [4.78, 5) is 13.0. The number of benzene rings is 2. The lowest BCUT2D eigenvalue weighted by Gasteiger charge is -2.12. The molecule has 32 heavy (non-hydrogen) atoms. The van der Waals surface area contributed by atoms with Crippen LogP contribution in [0.15, 0.2) is 84.1 Å². The molecule has 0 saturated carbocycles. The first kappa shape index (κ1) is 21.4. The Labute approximate surface area is 186 Å². The average Bonchev–Trinajstić information content (AvgIpc) is 2.78. The number of sulfonamides is 1. The van der Waals surface area contributed by atoms with Gasteiger partial charge in [0.25, 0.3) is 0 Å². The van der Waals surface area contributed by atoms with Gasteiger partial charge in [0.1, 0.15) is 5.82 Å². The van der Waals surface area contributed by atoms with Gasteiger partial charge in [-0.25, -0.2) is 18.5 Å². The second-order valence-corrected chi connectivity index (χ2v) is 8.84. The molecule has 162 valence electrons. The fraction of sp³-hybridized carbons (Fsp3) is 0.0870. The number of nitrogens with zero attached hydrogens (tertiary/aromatic N) is 3. The average molecular weight is 447 g/mol. The van der Waals surface area contributed by atoms with Gasteiger partial charge >= 0.3 is 0 Å². The minimum absolute atomic E-state index is 0.0437. The molecule has 2 aromatic heterocycles. The molecule has 4 rings (SSSR count). The first-order valence-corrected chi connectivity index (χ1v) is 11.4. The highest BCUT2D eigenvalue weighted by Gasteiger charge is 2.09. The number of primary sulfonamides is 1. The third-order valence-corrected chi connectivity index (χ3v) is 5.69. The highest BCUT2D eigenvalue weighted by atomic mass is 32.2. The van der Waals surface area contributed by atoms with Gasteiger partial charge in [-0.2, -0.15) is 4.98 Å². The highest BCUT2D eigenvalue weighted by molar-refractivity contribution is 7.89. The molecule has 0 bridgehead atoms. The molecule has 0 unspecified atom stereocenters. The summed E-state index contributed by atoms with van der Waals surface area (Å²) in [5.41, 5.74) is 4.79. The molecular formula is C23H22N6O2S. The van der Waals surface area contributed by atoms with E-state index >= 15 is 0 Å². The molecule has 9 heteroatoms. The van der Waals surface area contributed by atoms with Gasteiger partial charge in [0, 0.05) is 35.5 Å². The number of nitrogens with two attached hydrogens (primary N) is 1. The number of rotatable bonds is 7. The van der Waals surface area contributed by atoms with E-state index in [4.69, 9.17) is 5.14 Å². The second kappa shape index (κ2) is 9.13. The number of anilines is 4. The van der Waals surface area contributed by atoms with Gasteiger partial charge in [-0.3, -0.25) is 4.98 Å². The van der Waals surface area contributed by atoms with Crippen LogP contribution in [0.2, 0.25) is 0 Å². The largest absolute Gasteiger partial charge is 0.340 e. The fourth-order valence-electron chi connectivity index (χ4n) is 3.07. The number of hydrogen-bond donors (Lipinski definition) is 3. The smallest absolute Gasteiger partial charge is 0.238 e. The topological polar surface area (TPSA) is 123 Å². The molecular weight excluding hydrogens is 424 g/mol. The Balaban J connectivity index is 1.46. The molecule has 0 saturated heterocycles. The van der Waals surface area contributed by atoms with Gasteiger partial charge in [-0.1, -0.05) is 18.2 Å². The summed E-state index contributed by atoms with van der Waals surface area (Å²) in [5.74, 6) is 1.05. The first-order valence-electron chi connectivity index (χ1n) is 9.85. The predicted molar refractivity (Wildman–Crippen MR) is 125 cm³/mol. The summed E-state index contributed by atoms with van der Waals surface area (Å²) in [6.07, 6.45) is 6.17. The molecule has 0 atom stereocenters. The van der Waals surface area contributed by atoms with E-state index in [9.17, 15) is 8.42 Å². The van der Waals surface area contributed by atoms with Crippen LogP contribution in [0.25, 0.3) is 0 Å². The monoisotopic (exact) mass is 446 g/mol. The molecule has 4 aromatic rings. The van der Waals surface area contributed by atoms with Gasteiger partial charge in [0.05, 0.1) is 4.90 Å². The summed E-state index contributed by atoms with van der Waals surface area (Å²) in [6.45, 7) is 1.92. The van der Waals surface area contributed by atoms with Crippen LogP contribution >= 0.6 is 0 Å². The molecule has 0 amide bonds. The zero-order valence-corrected chi connectivity index (χ0v) is 18.2. The van der Waals surface area contributed by atoms with E-state index in [1.165, 1.54) is 17.7 Å². The van der Waals surface area contributed by atoms with Crippen LogP contribution in [0.3, 0.4) is 0 Å². The maximum atomic E-state index is 11.4. The zero-order chi connectivity index (χ0) is 22.6. The minimum Gasteiger partial charge on any atom is -0.340 e. The molecule has 0 aliphatic rings. The van der Waals surface area contributed by atoms with Gasteiger partial charge in [-0.15, -0.1) is 0 Å². The van der Waals surface area contributed by atoms with Crippen molar-refractivity contribution >= 4 is 33.2 Å². The van der Waals surface area contributed by atoms with Crippen LogP contribution in [0.1, 0.15) is 16.7 Å². The van der Waals surface area contributed by atoms with Crippen molar-refractivity contribution in [2.75, 3.05) is 10.6 Å². The van der Waals surface area contributed by atoms with E-state index in [1.54, 1.807) is 24.5 Å². The van der Waals surface area contributed by atoms with Crippen LogP contribution in [-0.2, 0) is 16.4 Å². The Kier molecular flexibility index (Phi) is 6.11. The molecule has 0 spiro atoms. The molecule has 0 fully saturated rings. The summed E-state index contributed by atoms with van der Waals surface area (Å²) < 4.78 is 22.8. The maximum absolute atomic E-state index is 11.4.